The van der Waals surface area contributed by atoms with Crippen molar-refractivity contribution in [3.05, 3.63) is 39.7 Å². The van der Waals surface area contributed by atoms with Gasteiger partial charge in [-0.3, -0.25) is 4.79 Å². The van der Waals surface area contributed by atoms with Crippen molar-refractivity contribution in [3.8, 4) is 23.0 Å². The monoisotopic (exact) mass is 412 g/mol. The molecule has 0 spiro atoms. The summed E-state index contributed by atoms with van der Waals surface area (Å²) in [6, 6.07) is 5.55. The topological polar surface area (TPSA) is 90.6 Å². The standard InChI is InChI=1S/C20H20N4O4S/c1-11-17(29-12(2)21-11)20(25)24-7-3-4-14(9-24)19-23-22-18(28-19)13-5-6-15-16(8-13)27-10-26-15/h5-6,8,14H,3-4,7,9-10H2,1-2H3/t14-/m1/s1. The van der Waals surface area contributed by atoms with Gasteiger partial charge in [-0.1, -0.05) is 0 Å². The molecule has 8 nitrogen and oxygen atoms in total. The first-order valence-corrected chi connectivity index (χ1v) is 10.4. The number of nitrogens with zero attached hydrogens (tertiary/aromatic N) is 4. The van der Waals surface area contributed by atoms with Gasteiger partial charge < -0.3 is 18.8 Å². The minimum atomic E-state index is 0.0253. The van der Waals surface area contributed by atoms with Crippen molar-refractivity contribution in [1.29, 1.82) is 0 Å². The van der Waals surface area contributed by atoms with Crippen LogP contribution in [0.25, 0.3) is 11.5 Å². The second kappa shape index (κ2) is 7.14. The van der Waals surface area contributed by atoms with Crippen LogP contribution in [-0.4, -0.2) is 45.9 Å². The lowest BCUT2D eigenvalue weighted by molar-refractivity contribution is 0.0702. The molecule has 1 amide bonds. The van der Waals surface area contributed by atoms with Crippen LogP contribution in [0.5, 0.6) is 11.5 Å². The number of hydrogen-bond acceptors (Lipinski definition) is 8. The Bertz CT molecular complexity index is 1080. The van der Waals surface area contributed by atoms with E-state index >= 15 is 0 Å². The fourth-order valence-corrected chi connectivity index (χ4v) is 4.67. The van der Waals surface area contributed by atoms with Gasteiger partial charge in [0.25, 0.3) is 5.91 Å². The van der Waals surface area contributed by atoms with Gasteiger partial charge in [0.05, 0.1) is 16.6 Å². The third-order valence-electron chi connectivity index (χ3n) is 5.22. The van der Waals surface area contributed by atoms with Gasteiger partial charge in [-0.2, -0.15) is 0 Å². The Morgan fingerprint density at radius 3 is 2.90 bits per heavy atom. The summed E-state index contributed by atoms with van der Waals surface area (Å²) in [6.07, 6.45) is 1.81. The molecule has 1 aromatic carbocycles. The highest BCUT2D eigenvalue weighted by atomic mass is 32.1. The van der Waals surface area contributed by atoms with E-state index in [4.69, 9.17) is 13.9 Å². The van der Waals surface area contributed by atoms with Crippen LogP contribution in [0.3, 0.4) is 0 Å². The Hall–Kier alpha value is -2.94. The van der Waals surface area contributed by atoms with E-state index in [2.05, 4.69) is 15.2 Å². The van der Waals surface area contributed by atoms with Gasteiger partial charge in [0.2, 0.25) is 18.6 Å². The molecule has 0 unspecified atom stereocenters. The van der Waals surface area contributed by atoms with Crippen LogP contribution < -0.4 is 9.47 Å². The highest BCUT2D eigenvalue weighted by molar-refractivity contribution is 7.13. The zero-order valence-electron chi connectivity index (χ0n) is 16.2. The molecule has 4 heterocycles. The number of piperidine rings is 1. The van der Waals surface area contributed by atoms with Crippen LogP contribution in [0.4, 0.5) is 0 Å². The number of carbonyl (C=O) groups is 1. The average Bonchev–Trinajstić information content (AvgIpc) is 3.46. The molecule has 3 aromatic rings. The summed E-state index contributed by atoms with van der Waals surface area (Å²) in [5.74, 6) is 2.45. The minimum Gasteiger partial charge on any atom is -0.454 e. The summed E-state index contributed by atoms with van der Waals surface area (Å²) in [5, 5.41) is 9.38. The second-order valence-corrected chi connectivity index (χ2v) is 8.45. The number of likely N-dealkylation sites (tertiary alicyclic amines) is 1. The lowest BCUT2D eigenvalue weighted by Gasteiger charge is -2.30. The zero-order valence-corrected chi connectivity index (χ0v) is 17.0. The SMILES string of the molecule is Cc1nc(C)c(C(=O)N2CCC[C@@H](c3nnc(-c4ccc5c(c4)OCO5)o3)C2)s1. The van der Waals surface area contributed by atoms with Gasteiger partial charge in [0.15, 0.2) is 11.5 Å². The summed E-state index contributed by atoms with van der Waals surface area (Å²) in [7, 11) is 0. The van der Waals surface area contributed by atoms with E-state index < -0.39 is 0 Å². The summed E-state index contributed by atoms with van der Waals surface area (Å²) in [5.41, 5.74) is 1.58. The first-order valence-electron chi connectivity index (χ1n) is 9.55. The van der Waals surface area contributed by atoms with Gasteiger partial charge in [-0.15, -0.1) is 21.5 Å². The number of rotatable bonds is 3. The quantitative estimate of drug-likeness (QED) is 0.650. The van der Waals surface area contributed by atoms with Crippen LogP contribution in [0.15, 0.2) is 22.6 Å². The maximum absolute atomic E-state index is 12.9. The van der Waals surface area contributed by atoms with Crippen molar-refractivity contribution in [1.82, 2.24) is 20.1 Å². The van der Waals surface area contributed by atoms with Crippen molar-refractivity contribution in [3.63, 3.8) is 0 Å². The highest BCUT2D eigenvalue weighted by Gasteiger charge is 2.30. The fourth-order valence-electron chi connectivity index (χ4n) is 3.78. The molecular weight excluding hydrogens is 392 g/mol. The molecule has 2 aromatic heterocycles. The smallest absolute Gasteiger partial charge is 0.265 e. The molecule has 1 saturated heterocycles. The molecule has 0 N–H and O–H groups in total. The molecule has 0 saturated carbocycles. The number of hydrogen-bond donors (Lipinski definition) is 0. The summed E-state index contributed by atoms with van der Waals surface area (Å²) in [4.78, 5) is 19.9. The number of amides is 1. The van der Waals surface area contributed by atoms with E-state index in [0.717, 1.165) is 40.5 Å². The molecule has 1 fully saturated rings. The lowest BCUT2D eigenvalue weighted by Crippen LogP contribution is -2.39. The van der Waals surface area contributed by atoms with Crippen LogP contribution in [0, 0.1) is 13.8 Å². The van der Waals surface area contributed by atoms with Gasteiger partial charge in [0, 0.05) is 18.7 Å². The Morgan fingerprint density at radius 2 is 2.07 bits per heavy atom. The molecule has 150 valence electrons. The largest absolute Gasteiger partial charge is 0.454 e. The first kappa shape index (κ1) is 18.1. The molecule has 0 aliphatic carbocycles. The van der Waals surface area contributed by atoms with Gasteiger partial charge in [0.1, 0.15) is 4.88 Å². The molecule has 1 atom stereocenters. The third kappa shape index (κ3) is 3.35. The van der Waals surface area contributed by atoms with Crippen LogP contribution in [0.1, 0.15) is 45.0 Å². The van der Waals surface area contributed by atoms with Crippen molar-refractivity contribution >= 4 is 17.2 Å². The van der Waals surface area contributed by atoms with E-state index in [1.807, 2.05) is 36.9 Å². The summed E-state index contributed by atoms with van der Waals surface area (Å²) >= 11 is 1.45. The Labute approximate surface area is 171 Å². The first-order chi connectivity index (χ1) is 14.1. The van der Waals surface area contributed by atoms with Gasteiger partial charge in [-0.25, -0.2) is 4.98 Å². The van der Waals surface area contributed by atoms with E-state index in [-0.39, 0.29) is 18.6 Å². The maximum Gasteiger partial charge on any atom is 0.265 e. The number of benzene rings is 1. The summed E-state index contributed by atoms with van der Waals surface area (Å²) in [6.45, 7) is 5.32. The molecule has 0 bridgehead atoms. The van der Waals surface area contributed by atoms with Crippen LogP contribution in [0.2, 0.25) is 0 Å². The molecule has 9 heteroatoms. The molecule has 2 aliphatic heterocycles. The maximum atomic E-state index is 12.9. The van der Waals surface area contributed by atoms with Gasteiger partial charge >= 0.3 is 0 Å². The number of ether oxygens (including phenoxy) is 2. The second-order valence-electron chi connectivity index (χ2n) is 7.25. The Kier molecular flexibility index (Phi) is 4.46. The number of thiazole rings is 1. The number of aryl methyl sites for hydroxylation is 2. The van der Waals surface area contributed by atoms with Crippen LogP contribution in [-0.2, 0) is 0 Å². The van der Waals surface area contributed by atoms with Crippen LogP contribution >= 0.6 is 11.3 Å². The zero-order chi connectivity index (χ0) is 20.0. The minimum absolute atomic E-state index is 0.0253. The molecular formula is C20H20N4O4S. The van der Waals surface area contributed by atoms with Crippen molar-refractivity contribution in [2.45, 2.75) is 32.6 Å². The predicted molar refractivity (Wildman–Crippen MR) is 105 cm³/mol. The predicted octanol–water partition coefficient (Wildman–Crippen LogP) is 3.56. The Morgan fingerprint density at radius 1 is 1.21 bits per heavy atom. The third-order valence-corrected chi connectivity index (χ3v) is 6.28. The molecule has 5 rings (SSSR count). The van der Waals surface area contributed by atoms with E-state index in [1.54, 1.807) is 0 Å². The molecule has 29 heavy (non-hydrogen) atoms. The van der Waals surface area contributed by atoms with E-state index in [9.17, 15) is 4.79 Å². The van der Waals surface area contributed by atoms with E-state index in [1.165, 1.54) is 11.3 Å². The van der Waals surface area contributed by atoms with Crippen molar-refractivity contribution in [2.75, 3.05) is 19.9 Å². The van der Waals surface area contributed by atoms with Crippen molar-refractivity contribution < 1.29 is 18.7 Å². The van der Waals surface area contributed by atoms with Gasteiger partial charge in [-0.05, 0) is 44.9 Å². The number of fused-ring (bicyclic) bond motifs is 1. The van der Waals surface area contributed by atoms with Crippen molar-refractivity contribution in [2.24, 2.45) is 0 Å². The molecule has 0 radical (unpaired) electrons. The molecule has 2 aliphatic rings. The normalized spacial score (nSPS) is 18.3. The fraction of sp³-hybridized carbons (Fsp3) is 0.400. The number of carbonyl (C=O) groups excluding carboxylic acids is 1. The number of aromatic nitrogens is 3. The Balaban J connectivity index is 1.34. The lowest BCUT2D eigenvalue weighted by atomic mass is 9.98. The summed E-state index contributed by atoms with van der Waals surface area (Å²) < 4.78 is 16.7. The van der Waals surface area contributed by atoms with E-state index in [0.29, 0.717) is 29.8 Å². The highest BCUT2D eigenvalue weighted by Crippen LogP contribution is 2.36. The average molecular weight is 412 g/mol.